The Morgan fingerprint density at radius 1 is 1.35 bits per heavy atom. The largest absolute Gasteiger partial charge is 0.493 e. The van der Waals surface area contributed by atoms with E-state index in [1.807, 2.05) is 24.3 Å². The fourth-order valence-electron chi connectivity index (χ4n) is 2.44. The van der Waals surface area contributed by atoms with Crippen LogP contribution >= 0.6 is 15.9 Å². The number of aryl methyl sites for hydroxylation is 1. The van der Waals surface area contributed by atoms with E-state index in [1.54, 1.807) is 6.92 Å². The number of hydrogen-bond donors (Lipinski definition) is 1. The maximum absolute atomic E-state index is 12.4. The molecule has 9 heteroatoms. The van der Waals surface area contributed by atoms with Gasteiger partial charge in [-0.25, -0.2) is 9.50 Å². The summed E-state index contributed by atoms with van der Waals surface area (Å²) in [6.07, 6.45) is 3.47. The monoisotopic (exact) mass is 419 g/mol. The van der Waals surface area contributed by atoms with E-state index >= 15 is 0 Å². The molecule has 8 nitrogen and oxygen atoms in total. The summed E-state index contributed by atoms with van der Waals surface area (Å²) in [6.45, 7) is 2.59. The van der Waals surface area contributed by atoms with Gasteiger partial charge in [0.15, 0.2) is 5.52 Å². The van der Waals surface area contributed by atoms with Crippen molar-refractivity contribution in [3.05, 3.63) is 57.4 Å². The van der Waals surface area contributed by atoms with Gasteiger partial charge in [0.25, 0.3) is 5.56 Å². The smallest absolute Gasteiger partial charge is 0.280 e. The Bertz CT molecular complexity index is 982. The Morgan fingerprint density at radius 3 is 3.00 bits per heavy atom. The van der Waals surface area contributed by atoms with Crippen LogP contribution in [0.5, 0.6) is 5.75 Å². The third kappa shape index (κ3) is 4.29. The Morgan fingerprint density at radius 2 is 2.19 bits per heavy atom. The minimum Gasteiger partial charge on any atom is -0.493 e. The van der Waals surface area contributed by atoms with Crippen molar-refractivity contribution in [3.8, 4) is 5.75 Å². The molecule has 0 bridgehead atoms. The molecule has 0 unspecified atom stereocenters. The molecule has 2 aromatic heterocycles. The highest BCUT2D eigenvalue weighted by Gasteiger charge is 2.10. The average Bonchev–Trinajstić information content (AvgIpc) is 2.99. The molecule has 1 N–H and O–H groups in total. The van der Waals surface area contributed by atoms with E-state index in [0.717, 1.165) is 10.2 Å². The number of hydrogen-bond acceptors (Lipinski definition) is 5. The summed E-state index contributed by atoms with van der Waals surface area (Å²) >= 11 is 3.38. The van der Waals surface area contributed by atoms with Gasteiger partial charge in [-0.15, -0.1) is 0 Å². The highest BCUT2D eigenvalue weighted by atomic mass is 79.9. The first-order valence-corrected chi connectivity index (χ1v) is 8.88. The molecule has 1 aromatic carbocycles. The molecule has 0 aliphatic heterocycles. The lowest BCUT2D eigenvalue weighted by Gasteiger charge is -2.09. The van der Waals surface area contributed by atoms with Gasteiger partial charge in [0.1, 0.15) is 24.9 Å². The Labute approximate surface area is 157 Å². The van der Waals surface area contributed by atoms with Crippen LogP contribution in [0, 0.1) is 6.92 Å². The Balaban J connectivity index is 1.46. The number of carbonyl (C=O) groups excluding carboxylic acids is 1. The van der Waals surface area contributed by atoms with E-state index < -0.39 is 0 Å². The van der Waals surface area contributed by atoms with E-state index in [2.05, 4.69) is 31.3 Å². The number of aromatic nitrogens is 4. The van der Waals surface area contributed by atoms with Crippen molar-refractivity contribution in [1.82, 2.24) is 24.5 Å². The molecule has 0 aliphatic rings. The third-order valence-electron chi connectivity index (χ3n) is 3.73. The molecular formula is C17H18BrN5O3. The zero-order valence-corrected chi connectivity index (χ0v) is 15.8. The summed E-state index contributed by atoms with van der Waals surface area (Å²) in [5, 5.41) is 6.85. The molecular weight excluding hydrogens is 402 g/mol. The predicted molar refractivity (Wildman–Crippen MR) is 99.2 cm³/mol. The van der Waals surface area contributed by atoms with Gasteiger partial charge < -0.3 is 10.1 Å². The molecule has 0 aliphatic carbocycles. The molecule has 136 valence electrons. The number of nitrogens with zero attached hydrogens (tertiary/aromatic N) is 4. The second kappa shape index (κ2) is 8.13. The number of nitrogens with one attached hydrogen (secondary N) is 1. The van der Waals surface area contributed by atoms with Gasteiger partial charge in [-0.2, -0.15) is 5.10 Å². The maximum atomic E-state index is 12.4. The molecule has 3 rings (SSSR count). The van der Waals surface area contributed by atoms with Crippen molar-refractivity contribution in [2.45, 2.75) is 19.9 Å². The standard InChI is InChI=1S/C17H18BrN5O3/c1-12-16-17(25)22(11-21-23(16)10-20-12)9-15(24)19-6-3-7-26-14-5-2-4-13(18)8-14/h2,4-5,8,10-11H,3,6-7,9H2,1H3,(H,19,24). The average molecular weight is 420 g/mol. The summed E-state index contributed by atoms with van der Waals surface area (Å²) < 4.78 is 9.24. The zero-order valence-electron chi connectivity index (χ0n) is 14.2. The summed E-state index contributed by atoms with van der Waals surface area (Å²) in [4.78, 5) is 28.4. The summed E-state index contributed by atoms with van der Waals surface area (Å²) in [6, 6.07) is 7.57. The lowest BCUT2D eigenvalue weighted by molar-refractivity contribution is -0.121. The number of halogens is 1. The number of benzene rings is 1. The number of fused-ring (bicyclic) bond motifs is 1. The van der Waals surface area contributed by atoms with Crippen LogP contribution in [-0.2, 0) is 11.3 Å². The molecule has 0 radical (unpaired) electrons. The number of ether oxygens (including phenoxy) is 1. The highest BCUT2D eigenvalue weighted by molar-refractivity contribution is 9.10. The van der Waals surface area contributed by atoms with Crippen molar-refractivity contribution in [2.75, 3.05) is 13.2 Å². The van der Waals surface area contributed by atoms with Crippen LogP contribution in [0.3, 0.4) is 0 Å². The van der Waals surface area contributed by atoms with Crippen LogP contribution < -0.4 is 15.6 Å². The van der Waals surface area contributed by atoms with Crippen molar-refractivity contribution in [1.29, 1.82) is 0 Å². The predicted octanol–water partition coefficient (Wildman–Crippen LogP) is 1.55. The second-order valence-electron chi connectivity index (χ2n) is 5.70. The summed E-state index contributed by atoms with van der Waals surface area (Å²) in [5.74, 6) is 0.519. The van der Waals surface area contributed by atoms with Gasteiger partial charge in [-0.1, -0.05) is 22.0 Å². The summed E-state index contributed by atoms with van der Waals surface area (Å²) in [5.41, 5.74) is 0.674. The normalized spacial score (nSPS) is 10.8. The first-order chi connectivity index (χ1) is 12.5. The first-order valence-electron chi connectivity index (χ1n) is 8.09. The van der Waals surface area contributed by atoms with Crippen molar-refractivity contribution in [3.63, 3.8) is 0 Å². The lowest BCUT2D eigenvalue weighted by atomic mass is 10.3. The van der Waals surface area contributed by atoms with E-state index in [-0.39, 0.29) is 18.0 Å². The van der Waals surface area contributed by atoms with Gasteiger partial charge >= 0.3 is 0 Å². The van der Waals surface area contributed by atoms with Gasteiger partial charge in [0.05, 0.1) is 12.3 Å². The summed E-state index contributed by atoms with van der Waals surface area (Å²) in [7, 11) is 0. The van der Waals surface area contributed by atoms with E-state index in [1.165, 1.54) is 21.7 Å². The van der Waals surface area contributed by atoms with Gasteiger partial charge in [0, 0.05) is 11.0 Å². The van der Waals surface area contributed by atoms with Gasteiger partial charge in [-0.05, 0) is 31.5 Å². The van der Waals surface area contributed by atoms with Gasteiger partial charge in [0.2, 0.25) is 5.91 Å². The quantitative estimate of drug-likeness (QED) is 0.586. The fraction of sp³-hybridized carbons (Fsp3) is 0.294. The third-order valence-corrected chi connectivity index (χ3v) is 4.23. The lowest BCUT2D eigenvalue weighted by Crippen LogP contribution is -2.34. The van der Waals surface area contributed by atoms with Crippen LogP contribution in [0.1, 0.15) is 12.1 Å². The Hall–Kier alpha value is -2.68. The Kier molecular flexibility index (Phi) is 5.67. The van der Waals surface area contributed by atoms with Crippen LogP contribution in [0.25, 0.3) is 5.52 Å². The molecule has 0 saturated heterocycles. The van der Waals surface area contributed by atoms with E-state index in [0.29, 0.717) is 30.8 Å². The minimum atomic E-state index is -0.289. The molecule has 0 fully saturated rings. The minimum absolute atomic E-state index is 0.0839. The number of amides is 1. The van der Waals surface area contributed by atoms with Crippen molar-refractivity contribution >= 4 is 27.4 Å². The first kappa shape index (κ1) is 18.1. The molecule has 1 amide bonds. The van der Waals surface area contributed by atoms with Crippen molar-refractivity contribution < 1.29 is 9.53 Å². The second-order valence-corrected chi connectivity index (χ2v) is 6.61. The number of rotatable bonds is 7. The van der Waals surface area contributed by atoms with Crippen molar-refractivity contribution in [2.24, 2.45) is 0 Å². The maximum Gasteiger partial charge on any atom is 0.280 e. The molecule has 2 heterocycles. The number of carbonyl (C=O) groups is 1. The van der Waals surface area contributed by atoms with Crippen LogP contribution in [0.15, 0.2) is 46.2 Å². The number of imidazole rings is 1. The van der Waals surface area contributed by atoms with Crippen LogP contribution in [-0.4, -0.2) is 38.2 Å². The molecule has 3 aromatic rings. The van der Waals surface area contributed by atoms with E-state index in [9.17, 15) is 9.59 Å². The SMILES string of the molecule is Cc1ncn2ncn(CC(=O)NCCCOc3cccc(Br)c3)c(=O)c12. The van der Waals surface area contributed by atoms with Crippen LogP contribution in [0.2, 0.25) is 0 Å². The molecule has 26 heavy (non-hydrogen) atoms. The van der Waals surface area contributed by atoms with Gasteiger partial charge in [-0.3, -0.25) is 14.2 Å². The molecule has 0 spiro atoms. The topological polar surface area (TPSA) is 90.5 Å². The molecule has 0 atom stereocenters. The molecule has 0 saturated carbocycles. The highest BCUT2D eigenvalue weighted by Crippen LogP contribution is 2.17. The fourth-order valence-corrected chi connectivity index (χ4v) is 2.82. The van der Waals surface area contributed by atoms with Crippen LogP contribution in [0.4, 0.5) is 0 Å². The zero-order chi connectivity index (χ0) is 18.5. The van der Waals surface area contributed by atoms with E-state index in [4.69, 9.17) is 4.74 Å².